The minimum absolute atomic E-state index is 0.0341. The minimum Gasteiger partial charge on any atom is -0.336 e. The number of carbonyl (C=O) groups is 2. The standard InChI is InChI=1S/C20H28N4O2/c1-14-2-4-15(5-3-14)18(16-6-7-16)22-20(26)23-11-8-17(9-12-23)24-13-10-21-19(24)25/h2-5,16-18H,6-13H2,1H3,(H,21,25)(H,22,26)/t18-/m0/s1. The van der Waals surface area contributed by atoms with Crippen LogP contribution in [0.2, 0.25) is 0 Å². The third kappa shape index (κ3) is 3.64. The van der Waals surface area contributed by atoms with Gasteiger partial charge in [-0.1, -0.05) is 29.8 Å². The number of nitrogens with one attached hydrogen (secondary N) is 2. The third-order valence-corrected chi connectivity index (χ3v) is 5.89. The Kier molecular flexibility index (Phi) is 4.74. The number of piperidine rings is 1. The second-order valence-corrected chi connectivity index (χ2v) is 7.82. The molecule has 1 aromatic carbocycles. The Morgan fingerprint density at radius 3 is 2.38 bits per heavy atom. The first-order valence-electron chi connectivity index (χ1n) is 9.78. The topological polar surface area (TPSA) is 64.7 Å². The van der Waals surface area contributed by atoms with E-state index in [9.17, 15) is 9.59 Å². The van der Waals surface area contributed by atoms with Gasteiger partial charge < -0.3 is 20.4 Å². The van der Waals surface area contributed by atoms with Crippen LogP contribution in [0.5, 0.6) is 0 Å². The molecule has 2 heterocycles. The molecule has 3 fully saturated rings. The molecule has 6 heteroatoms. The summed E-state index contributed by atoms with van der Waals surface area (Å²) in [6.07, 6.45) is 4.09. The molecule has 3 aliphatic rings. The van der Waals surface area contributed by atoms with E-state index >= 15 is 0 Å². The number of carbonyl (C=O) groups excluding carboxylic acids is 2. The Hall–Kier alpha value is -2.24. The van der Waals surface area contributed by atoms with Crippen molar-refractivity contribution in [3.8, 4) is 0 Å². The summed E-state index contributed by atoms with van der Waals surface area (Å²) in [6.45, 7) is 5.03. The van der Waals surface area contributed by atoms with Crippen molar-refractivity contribution in [2.75, 3.05) is 26.2 Å². The zero-order valence-electron chi connectivity index (χ0n) is 15.4. The second kappa shape index (κ2) is 7.17. The highest BCUT2D eigenvalue weighted by atomic mass is 16.2. The highest BCUT2D eigenvalue weighted by molar-refractivity contribution is 5.77. The lowest BCUT2D eigenvalue weighted by atomic mass is 10.0. The Morgan fingerprint density at radius 2 is 1.81 bits per heavy atom. The number of nitrogens with zero attached hydrogens (tertiary/aromatic N) is 2. The lowest BCUT2D eigenvalue weighted by Crippen LogP contribution is -2.50. The molecular formula is C20H28N4O2. The van der Waals surface area contributed by atoms with Crippen LogP contribution in [-0.2, 0) is 0 Å². The van der Waals surface area contributed by atoms with Crippen LogP contribution in [0.3, 0.4) is 0 Å². The number of rotatable bonds is 4. The molecule has 6 nitrogen and oxygen atoms in total. The van der Waals surface area contributed by atoms with Crippen LogP contribution in [0.25, 0.3) is 0 Å². The fourth-order valence-corrected chi connectivity index (χ4v) is 4.12. The summed E-state index contributed by atoms with van der Waals surface area (Å²) in [5, 5.41) is 6.13. The van der Waals surface area contributed by atoms with Crippen molar-refractivity contribution in [2.24, 2.45) is 5.92 Å². The fraction of sp³-hybridized carbons (Fsp3) is 0.600. The van der Waals surface area contributed by atoms with E-state index in [1.54, 1.807) is 0 Å². The van der Waals surface area contributed by atoms with Gasteiger partial charge in [-0.25, -0.2) is 9.59 Å². The molecule has 2 N–H and O–H groups in total. The van der Waals surface area contributed by atoms with E-state index < -0.39 is 0 Å². The van der Waals surface area contributed by atoms with Crippen LogP contribution in [-0.4, -0.2) is 54.1 Å². The van der Waals surface area contributed by atoms with E-state index in [1.165, 1.54) is 24.0 Å². The molecule has 0 spiro atoms. The van der Waals surface area contributed by atoms with Gasteiger partial charge >= 0.3 is 12.1 Å². The molecule has 140 valence electrons. The molecular weight excluding hydrogens is 328 g/mol. The van der Waals surface area contributed by atoms with E-state index in [-0.39, 0.29) is 24.1 Å². The Labute approximate surface area is 154 Å². The predicted molar refractivity (Wildman–Crippen MR) is 99.9 cm³/mol. The summed E-state index contributed by atoms with van der Waals surface area (Å²) >= 11 is 0. The molecule has 1 saturated carbocycles. The Morgan fingerprint density at radius 1 is 1.12 bits per heavy atom. The van der Waals surface area contributed by atoms with E-state index in [0.29, 0.717) is 19.0 Å². The summed E-state index contributed by atoms with van der Waals surface area (Å²) in [5.41, 5.74) is 2.44. The van der Waals surface area contributed by atoms with Gasteiger partial charge in [-0.05, 0) is 44.1 Å². The first-order valence-corrected chi connectivity index (χ1v) is 9.78. The molecule has 26 heavy (non-hydrogen) atoms. The minimum atomic E-state index is 0.0341. The third-order valence-electron chi connectivity index (χ3n) is 5.89. The quantitative estimate of drug-likeness (QED) is 0.871. The summed E-state index contributed by atoms with van der Waals surface area (Å²) in [6, 6.07) is 8.96. The molecule has 0 aromatic heterocycles. The van der Waals surface area contributed by atoms with Gasteiger partial charge in [0.05, 0.1) is 6.04 Å². The van der Waals surface area contributed by atoms with Crippen molar-refractivity contribution in [3.63, 3.8) is 0 Å². The number of aryl methyl sites for hydroxylation is 1. The molecule has 0 bridgehead atoms. The average molecular weight is 356 g/mol. The molecule has 2 aliphatic heterocycles. The van der Waals surface area contributed by atoms with Crippen molar-refractivity contribution in [2.45, 2.75) is 44.7 Å². The SMILES string of the molecule is Cc1ccc([C@H](NC(=O)N2CCC(N3CCNC3=O)CC2)C2CC2)cc1. The number of likely N-dealkylation sites (tertiary alicyclic amines) is 1. The number of hydrogen-bond donors (Lipinski definition) is 2. The zero-order chi connectivity index (χ0) is 18.1. The monoisotopic (exact) mass is 356 g/mol. The summed E-state index contributed by atoms with van der Waals surface area (Å²) in [5.74, 6) is 0.562. The second-order valence-electron chi connectivity index (χ2n) is 7.82. The van der Waals surface area contributed by atoms with Crippen molar-refractivity contribution in [3.05, 3.63) is 35.4 Å². The van der Waals surface area contributed by atoms with E-state index in [1.807, 2.05) is 9.80 Å². The van der Waals surface area contributed by atoms with Crippen LogP contribution in [0.15, 0.2) is 24.3 Å². The van der Waals surface area contributed by atoms with Crippen LogP contribution in [0.4, 0.5) is 9.59 Å². The fourth-order valence-electron chi connectivity index (χ4n) is 4.12. The van der Waals surface area contributed by atoms with E-state index in [4.69, 9.17) is 0 Å². The largest absolute Gasteiger partial charge is 0.336 e. The van der Waals surface area contributed by atoms with E-state index in [2.05, 4.69) is 41.8 Å². The molecule has 0 radical (unpaired) electrons. The van der Waals surface area contributed by atoms with Crippen molar-refractivity contribution >= 4 is 12.1 Å². The van der Waals surface area contributed by atoms with Crippen molar-refractivity contribution in [1.29, 1.82) is 0 Å². The molecule has 1 aliphatic carbocycles. The van der Waals surface area contributed by atoms with Gasteiger partial charge in [-0.3, -0.25) is 0 Å². The first-order chi connectivity index (χ1) is 12.6. The maximum absolute atomic E-state index is 12.8. The maximum atomic E-state index is 12.8. The molecule has 0 unspecified atom stereocenters. The van der Waals surface area contributed by atoms with Crippen LogP contribution in [0.1, 0.15) is 42.9 Å². The highest BCUT2D eigenvalue weighted by Gasteiger charge is 2.36. The molecule has 4 rings (SSSR count). The van der Waals surface area contributed by atoms with Crippen LogP contribution >= 0.6 is 0 Å². The van der Waals surface area contributed by atoms with Gasteiger partial charge in [0.25, 0.3) is 0 Å². The molecule has 4 amide bonds. The summed E-state index contributed by atoms with van der Waals surface area (Å²) in [4.78, 5) is 28.5. The number of hydrogen-bond acceptors (Lipinski definition) is 2. The average Bonchev–Trinajstić information content (AvgIpc) is 3.41. The lowest BCUT2D eigenvalue weighted by molar-refractivity contribution is 0.139. The maximum Gasteiger partial charge on any atom is 0.317 e. The van der Waals surface area contributed by atoms with Crippen molar-refractivity contribution < 1.29 is 9.59 Å². The van der Waals surface area contributed by atoms with Gasteiger partial charge in [0.2, 0.25) is 0 Å². The lowest BCUT2D eigenvalue weighted by Gasteiger charge is -2.36. The highest BCUT2D eigenvalue weighted by Crippen LogP contribution is 2.41. The van der Waals surface area contributed by atoms with Gasteiger partial charge in [0, 0.05) is 32.2 Å². The zero-order valence-corrected chi connectivity index (χ0v) is 15.4. The first kappa shape index (κ1) is 17.2. The van der Waals surface area contributed by atoms with Crippen LogP contribution < -0.4 is 10.6 Å². The Bertz CT molecular complexity index is 663. The Balaban J connectivity index is 1.34. The van der Waals surface area contributed by atoms with Gasteiger partial charge in [-0.2, -0.15) is 0 Å². The number of amides is 4. The summed E-state index contributed by atoms with van der Waals surface area (Å²) in [7, 11) is 0. The number of urea groups is 2. The van der Waals surface area contributed by atoms with Crippen molar-refractivity contribution in [1.82, 2.24) is 20.4 Å². The summed E-state index contributed by atoms with van der Waals surface area (Å²) < 4.78 is 0. The molecule has 2 saturated heterocycles. The van der Waals surface area contributed by atoms with Gasteiger partial charge in [-0.15, -0.1) is 0 Å². The molecule has 1 atom stereocenters. The smallest absolute Gasteiger partial charge is 0.317 e. The van der Waals surface area contributed by atoms with Gasteiger partial charge in [0.15, 0.2) is 0 Å². The number of benzene rings is 1. The molecule has 1 aromatic rings. The van der Waals surface area contributed by atoms with Crippen LogP contribution in [0, 0.1) is 12.8 Å². The predicted octanol–water partition coefficient (Wildman–Crippen LogP) is 2.65. The van der Waals surface area contributed by atoms with E-state index in [0.717, 1.165) is 25.9 Å². The normalized spacial score (nSPS) is 22.3. The van der Waals surface area contributed by atoms with Gasteiger partial charge in [0.1, 0.15) is 0 Å².